The highest BCUT2D eigenvalue weighted by Gasteiger charge is 2.31. The molecule has 0 aromatic heterocycles. The Morgan fingerprint density at radius 2 is 2.24 bits per heavy atom. The Morgan fingerprint density at radius 3 is 2.88 bits per heavy atom. The zero-order valence-electron chi connectivity index (χ0n) is 10.7. The molecule has 1 aliphatic heterocycles. The Hall–Kier alpha value is -1.35. The minimum Gasteiger partial charge on any atom is -0.322 e. The van der Waals surface area contributed by atoms with E-state index in [9.17, 15) is 4.79 Å². The number of rotatable bonds is 3. The predicted octanol–water partition coefficient (Wildman–Crippen LogP) is 2.08. The molecule has 1 aromatic rings. The fourth-order valence-electron chi connectivity index (χ4n) is 2.28. The molecular formula is C14H20N2O. The molecule has 17 heavy (non-hydrogen) atoms. The van der Waals surface area contributed by atoms with Gasteiger partial charge in [0.2, 0.25) is 5.91 Å². The van der Waals surface area contributed by atoms with Gasteiger partial charge in [-0.15, -0.1) is 0 Å². The Bertz CT molecular complexity index is 414. The van der Waals surface area contributed by atoms with Crippen LogP contribution in [-0.4, -0.2) is 23.9 Å². The average Bonchev–Trinajstić information content (AvgIpc) is 2.60. The fraction of sp³-hybridized carbons (Fsp3) is 0.500. The van der Waals surface area contributed by atoms with Gasteiger partial charge in [0.05, 0.1) is 6.54 Å². The number of hydrogen-bond donors (Lipinski definition) is 1. The first kappa shape index (κ1) is 12.1. The van der Waals surface area contributed by atoms with Gasteiger partial charge in [-0.05, 0) is 18.4 Å². The van der Waals surface area contributed by atoms with Crippen molar-refractivity contribution >= 4 is 5.91 Å². The smallest absolute Gasteiger partial charge is 0.238 e. The van der Waals surface area contributed by atoms with E-state index in [0.29, 0.717) is 12.5 Å². The van der Waals surface area contributed by atoms with Crippen molar-refractivity contribution in [3.63, 3.8) is 0 Å². The summed E-state index contributed by atoms with van der Waals surface area (Å²) in [5.74, 6) is 0.691. The molecule has 1 fully saturated rings. The van der Waals surface area contributed by atoms with E-state index in [1.165, 1.54) is 11.1 Å². The molecule has 0 radical (unpaired) electrons. The Kier molecular flexibility index (Phi) is 3.48. The summed E-state index contributed by atoms with van der Waals surface area (Å²) in [6, 6.07) is 8.34. The van der Waals surface area contributed by atoms with Gasteiger partial charge < -0.3 is 4.90 Å². The lowest BCUT2D eigenvalue weighted by molar-refractivity contribution is -0.128. The van der Waals surface area contributed by atoms with Crippen LogP contribution in [0.3, 0.4) is 0 Å². The lowest BCUT2D eigenvalue weighted by atomic mass is 10.1. The molecular weight excluding hydrogens is 212 g/mol. The quantitative estimate of drug-likeness (QED) is 0.865. The Morgan fingerprint density at radius 1 is 1.47 bits per heavy atom. The number of carbonyl (C=O) groups excluding carboxylic acids is 1. The van der Waals surface area contributed by atoms with Crippen LogP contribution >= 0.6 is 0 Å². The van der Waals surface area contributed by atoms with Crippen molar-refractivity contribution < 1.29 is 4.79 Å². The zero-order chi connectivity index (χ0) is 12.4. The molecule has 1 amide bonds. The van der Waals surface area contributed by atoms with Gasteiger partial charge in [-0.2, -0.15) is 0 Å². The van der Waals surface area contributed by atoms with E-state index in [1.54, 1.807) is 0 Å². The third kappa shape index (κ3) is 2.67. The summed E-state index contributed by atoms with van der Waals surface area (Å²) in [5.41, 5.74) is 2.41. The van der Waals surface area contributed by atoms with Crippen molar-refractivity contribution in [1.82, 2.24) is 10.2 Å². The van der Waals surface area contributed by atoms with E-state index in [-0.39, 0.29) is 12.1 Å². The van der Waals surface area contributed by atoms with Crippen LogP contribution in [0.15, 0.2) is 24.3 Å². The molecule has 0 aliphatic carbocycles. The molecule has 0 spiro atoms. The van der Waals surface area contributed by atoms with Gasteiger partial charge in [0.1, 0.15) is 6.17 Å². The molecule has 0 saturated carbocycles. The summed E-state index contributed by atoms with van der Waals surface area (Å²) in [5, 5.41) is 3.28. The van der Waals surface area contributed by atoms with E-state index in [1.807, 2.05) is 11.0 Å². The summed E-state index contributed by atoms with van der Waals surface area (Å²) in [7, 11) is 0. The van der Waals surface area contributed by atoms with E-state index in [2.05, 4.69) is 44.3 Å². The first-order chi connectivity index (χ1) is 8.08. The number of nitrogens with one attached hydrogen (secondary N) is 1. The highest BCUT2D eigenvalue weighted by Crippen LogP contribution is 2.23. The van der Waals surface area contributed by atoms with E-state index < -0.39 is 0 Å². The van der Waals surface area contributed by atoms with Crippen molar-refractivity contribution in [3.8, 4) is 0 Å². The number of aryl methyl sites for hydroxylation is 1. The second-order valence-corrected chi connectivity index (χ2v) is 5.14. The van der Waals surface area contributed by atoms with Gasteiger partial charge in [0, 0.05) is 6.54 Å². The zero-order valence-corrected chi connectivity index (χ0v) is 10.7. The van der Waals surface area contributed by atoms with Gasteiger partial charge in [0.25, 0.3) is 0 Å². The molecule has 3 heteroatoms. The van der Waals surface area contributed by atoms with Crippen LogP contribution in [0.5, 0.6) is 0 Å². The average molecular weight is 232 g/mol. The van der Waals surface area contributed by atoms with Crippen LogP contribution in [-0.2, 0) is 4.79 Å². The normalized spacial score (nSPS) is 20.4. The number of nitrogens with zero attached hydrogens (tertiary/aromatic N) is 1. The lowest BCUT2D eigenvalue weighted by Gasteiger charge is -2.26. The maximum atomic E-state index is 11.8. The molecule has 2 rings (SSSR count). The van der Waals surface area contributed by atoms with E-state index in [0.717, 1.165) is 6.54 Å². The minimum absolute atomic E-state index is 0.0461. The Balaban J connectivity index is 2.22. The molecule has 1 N–H and O–H groups in total. The number of carbonyl (C=O) groups is 1. The SMILES string of the molecule is Cc1cccc(C2NCC(=O)N2CC(C)C)c1. The Labute approximate surface area is 103 Å². The van der Waals surface area contributed by atoms with Crippen molar-refractivity contribution in [1.29, 1.82) is 0 Å². The third-order valence-electron chi connectivity index (χ3n) is 3.00. The van der Waals surface area contributed by atoms with Crippen LogP contribution in [0.2, 0.25) is 0 Å². The summed E-state index contributed by atoms with van der Waals surface area (Å²) in [4.78, 5) is 13.8. The van der Waals surface area contributed by atoms with Gasteiger partial charge in [-0.3, -0.25) is 10.1 Å². The third-order valence-corrected chi connectivity index (χ3v) is 3.00. The topological polar surface area (TPSA) is 32.3 Å². The van der Waals surface area contributed by atoms with Gasteiger partial charge in [-0.1, -0.05) is 43.7 Å². The van der Waals surface area contributed by atoms with Crippen molar-refractivity contribution in [2.24, 2.45) is 5.92 Å². The first-order valence-electron chi connectivity index (χ1n) is 6.17. The molecule has 1 atom stereocenters. The van der Waals surface area contributed by atoms with E-state index in [4.69, 9.17) is 0 Å². The second kappa shape index (κ2) is 4.88. The molecule has 0 bridgehead atoms. The van der Waals surface area contributed by atoms with Gasteiger partial charge in [-0.25, -0.2) is 0 Å². The molecule has 3 nitrogen and oxygen atoms in total. The lowest BCUT2D eigenvalue weighted by Crippen LogP contribution is -2.33. The van der Waals surface area contributed by atoms with Crippen LogP contribution in [0.4, 0.5) is 0 Å². The molecule has 1 aliphatic rings. The van der Waals surface area contributed by atoms with Crippen LogP contribution in [0, 0.1) is 12.8 Å². The summed E-state index contributed by atoms with van der Waals surface area (Å²) in [6.07, 6.45) is 0.0461. The molecule has 1 heterocycles. The highest BCUT2D eigenvalue weighted by molar-refractivity contribution is 5.81. The summed E-state index contributed by atoms with van der Waals surface area (Å²) < 4.78 is 0. The molecule has 1 saturated heterocycles. The van der Waals surface area contributed by atoms with Crippen molar-refractivity contribution in [2.45, 2.75) is 26.9 Å². The van der Waals surface area contributed by atoms with Gasteiger partial charge in [0.15, 0.2) is 0 Å². The van der Waals surface area contributed by atoms with Crippen LogP contribution in [0.1, 0.15) is 31.1 Å². The van der Waals surface area contributed by atoms with E-state index >= 15 is 0 Å². The monoisotopic (exact) mass is 232 g/mol. The summed E-state index contributed by atoms with van der Waals surface area (Å²) >= 11 is 0. The van der Waals surface area contributed by atoms with Crippen molar-refractivity contribution in [3.05, 3.63) is 35.4 Å². The second-order valence-electron chi connectivity index (χ2n) is 5.14. The van der Waals surface area contributed by atoms with Gasteiger partial charge >= 0.3 is 0 Å². The predicted molar refractivity (Wildman–Crippen MR) is 68.5 cm³/mol. The fourth-order valence-corrected chi connectivity index (χ4v) is 2.28. The van der Waals surface area contributed by atoms with Crippen molar-refractivity contribution in [2.75, 3.05) is 13.1 Å². The number of amides is 1. The largest absolute Gasteiger partial charge is 0.322 e. The maximum Gasteiger partial charge on any atom is 0.238 e. The first-order valence-corrected chi connectivity index (χ1v) is 6.17. The van der Waals surface area contributed by atoms with Crippen LogP contribution < -0.4 is 5.32 Å². The maximum absolute atomic E-state index is 11.8. The summed E-state index contributed by atoms with van der Waals surface area (Å²) in [6.45, 7) is 7.61. The minimum atomic E-state index is 0.0461. The standard InChI is InChI=1S/C14H20N2O/c1-10(2)9-16-13(17)8-15-14(16)12-6-4-5-11(3)7-12/h4-7,10,14-15H,8-9H2,1-3H3. The molecule has 1 aromatic carbocycles. The molecule has 1 unspecified atom stereocenters. The highest BCUT2D eigenvalue weighted by atomic mass is 16.2. The number of benzene rings is 1. The van der Waals surface area contributed by atoms with Crippen LogP contribution in [0.25, 0.3) is 0 Å². The molecule has 92 valence electrons. The number of hydrogen-bond acceptors (Lipinski definition) is 2.